The van der Waals surface area contributed by atoms with Gasteiger partial charge >= 0.3 is 0 Å². The van der Waals surface area contributed by atoms with E-state index < -0.39 is 0 Å². The lowest BCUT2D eigenvalue weighted by Crippen LogP contribution is -1.91. The summed E-state index contributed by atoms with van der Waals surface area (Å²) >= 11 is 3.62. The zero-order chi connectivity index (χ0) is 13.2. The quantitative estimate of drug-likeness (QED) is 0.532. The fourth-order valence-corrected chi connectivity index (χ4v) is 3.07. The van der Waals surface area contributed by atoms with Crippen LogP contribution >= 0.6 is 15.9 Å². The predicted octanol–water partition coefficient (Wildman–Crippen LogP) is 5.71. The number of rotatable bonds is 2. The molecule has 94 valence electrons. The largest absolute Gasteiger partial charge is 0.0876 e. The summed E-state index contributed by atoms with van der Waals surface area (Å²) in [6.07, 6.45) is 0. The second kappa shape index (κ2) is 5.18. The van der Waals surface area contributed by atoms with Gasteiger partial charge in [0.2, 0.25) is 0 Å². The topological polar surface area (TPSA) is 0 Å². The van der Waals surface area contributed by atoms with E-state index in [0.717, 1.165) is 5.33 Å². The molecule has 0 aromatic heterocycles. The van der Waals surface area contributed by atoms with Gasteiger partial charge in [-0.15, -0.1) is 0 Å². The van der Waals surface area contributed by atoms with Crippen LogP contribution in [0.1, 0.15) is 11.1 Å². The van der Waals surface area contributed by atoms with E-state index in [1.807, 2.05) is 0 Å². The van der Waals surface area contributed by atoms with E-state index in [2.05, 4.69) is 83.5 Å². The maximum absolute atomic E-state index is 3.62. The van der Waals surface area contributed by atoms with Crippen molar-refractivity contribution < 1.29 is 0 Å². The molecule has 0 amide bonds. The van der Waals surface area contributed by atoms with E-state index in [-0.39, 0.29) is 0 Å². The molecule has 0 radical (unpaired) electrons. The van der Waals surface area contributed by atoms with Gasteiger partial charge in [-0.2, -0.15) is 0 Å². The average molecular weight is 311 g/mol. The Labute approximate surface area is 122 Å². The summed E-state index contributed by atoms with van der Waals surface area (Å²) < 4.78 is 0. The zero-order valence-corrected chi connectivity index (χ0v) is 12.4. The van der Waals surface area contributed by atoms with E-state index in [9.17, 15) is 0 Å². The molecule has 0 spiro atoms. The van der Waals surface area contributed by atoms with Crippen molar-refractivity contribution in [1.82, 2.24) is 0 Å². The Morgan fingerprint density at radius 3 is 2.37 bits per heavy atom. The lowest BCUT2D eigenvalue weighted by Gasteiger charge is -2.14. The average Bonchev–Trinajstić information content (AvgIpc) is 2.47. The second-order valence-corrected chi connectivity index (χ2v) is 5.33. The van der Waals surface area contributed by atoms with E-state index in [1.165, 1.54) is 33.0 Å². The van der Waals surface area contributed by atoms with Crippen molar-refractivity contribution in [2.45, 2.75) is 12.3 Å². The second-order valence-electron chi connectivity index (χ2n) is 4.77. The Morgan fingerprint density at radius 2 is 1.58 bits per heavy atom. The van der Waals surface area contributed by atoms with Gasteiger partial charge in [0, 0.05) is 5.33 Å². The van der Waals surface area contributed by atoms with Crippen molar-refractivity contribution in [3.8, 4) is 11.1 Å². The van der Waals surface area contributed by atoms with Crippen LogP contribution in [0.4, 0.5) is 0 Å². The summed E-state index contributed by atoms with van der Waals surface area (Å²) in [6.45, 7) is 2.18. The number of halogens is 1. The Kier molecular flexibility index (Phi) is 3.39. The molecule has 0 heterocycles. The van der Waals surface area contributed by atoms with Crippen LogP contribution in [0.3, 0.4) is 0 Å². The highest BCUT2D eigenvalue weighted by molar-refractivity contribution is 9.08. The molecule has 1 heteroatoms. The molecule has 19 heavy (non-hydrogen) atoms. The molecule has 3 rings (SSSR count). The summed E-state index contributed by atoms with van der Waals surface area (Å²) in [5.41, 5.74) is 5.34. The molecular weight excluding hydrogens is 296 g/mol. The first-order valence-electron chi connectivity index (χ1n) is 6.44. The lowest BCUT2D eigenvalue weighted by atomic mass is 9.91. The van der Waals surface area contributed by atoms with E-state index in [1.54, 1.807) is 0 Å². The maximum Gasteiger partial charge on any atom is 0.0289 e. The number of hydrogen-bond donors (Lipinski definition) is 0. The number of alkyl halides is 1. The Morgan fingerprint density at radius 1 is 0.842 bits per heavy atom. The minimum atomic E-state index is 0.876. The van der Waals surface area contributed by atoms with Crippen LogP contribution in [0, 0.1) is 6.92 Å². The number of hydrogen-bond acceptors (Lipinski definition) is 0. The van der Waals surface area contributed by atoms with Crippen LogP contribution in [-0.4, -0.2) is 0 Å². The first-order chi connectivity index (χ1) is 9.31. The summed E-state index contributed by atoms with van der Waals surface area (Å²) in [5, 5.41) is 3.50. The Bertz CT molecular complexity index is 729. The van der Waals surface area contributed by atoms with Crippen molar-refractivity contribution in [2.75, 3.05) is 0 Å². The van der Waals surface area contributed by atoms with Gasteiger partial charge in [-0.1, -0.05) is 76.6 Å². The van der Waals surface area contributed by atoms with Crippen molar-refractivity contribution in [3.63, 3.8) is 0 Å². The van der Waals surface area contributed by atoms with Gasteiger partial charge in [0.25, 0.3) is 0 Å². The van der Waals surface area contributed by atoms with Gasteiger partial charge in [-0.25, -0.2) is 0 Å². The number of fused-ring (bicyclic) bond motifs is 1. The molecule has 0 N–H and O–H groups in total. The third-order valence-corrected chi connectivity index (χ3v) is 4.18. The van der Waals surface area contributed by atoms with E-state index >= 15 is 0 Å². The van der Waals surface area contributed by atoms with Gasteiger partial charge < -0.3 is 0 Å². The third kappa shape index (κ3) is 2.19. The molecule has 0 saturated carbocycles. The molecule has 0 aliphatic rings. The molecule has 0 aliphatic heterocycles. The first-order valence-corrected chi connectivity index (χ1v) is 7.56. The standard InChI is InChI=1S/C18H15Br/c1-13-6-2-4-8-16(13)18-15(12-19)11-10-14-7-3-5-9-17(14)18/h2-11H,12H2,1H3. The normalized spacial score (nSPS) is 10.8. The Balaban J connectivity index is 2.41. The third-order valence-electron chi connectivity index (χ3n) is 3.57. The van der Waals surface area contributed by atoms with Crippen molar-refractivity contribution in [2.24, 2.45) is 0 Å². The molecule has 0 bridgehead atoms. The van der Waals surface area contributed by atoms with Gasteiger partial charge in [0.05, 0.1) is 0 Å². The number of benzene rings is 3. The monoisotopic (exact) mass is 310 g/mol. The van der Waals surface area contributed by atoms with Crippen molar-refractivity contribution in [3.05, 3.63) is 71.8 Å². The van der Waals surface area contributed by atoms with Crippen LogP contribution in [0.2, 0.25) is 0 Å². The van der Waals surface area contributed by atoms with Gasteiger partial charge in [0.1, 0.15) is 0 Å². The van der Waals surface area contributed by atoms with Crippen LogP contribution in [0.25, 0.3) is 21.9 Å². The smallest absolute Gasteiger partial charge is 0.0289 e. The highest BCUT2D eigenvalue weighted by Crippen LogP contribution is 2.35. The van der Waals surface area contributed by atoms with Crippen LogP contribution in [0.15, 0.2) is 60.7 Å². The van der Waals surface area contributed by atoms with Crippen LogP contribution in [-0.2, 0) is 5.33 Å². The predicted molar refractivity (Wildman–Crippen MR) is 86.8 cm³/mol. The minimum Gasteiger partial charge on any atom is -0.0876 e. The molecule has 0 unspecified atom stereocenters. The summed E-state index contributed by atoms with van der Waals surface area (Å²) in [6, 6.07) is 21.6. The van der Waals surface area contributed by atoms with Crippen LogP contribution in [0.5, 0.6) is 0 Å². The lowest BCUT2D eigenvalue weighted by molar-refractivity contribution is 1.41. The molecule has 0 saturated heterocycles. The molecule has 3 aromatic rings. The van der Waals surface area contributed by atoms with E-state index in [4.69, 9.17) is 0 Å². The molecular formula is C18H15Br. The van der Waals surface area contributed by atoms with Gasteiger partial charge in [-0.3, -0.25) is 0 Å². The molecule has 0 fully saturated rings. The van der Waals surface area contributed by atoms with Crippen molar-refractivity contribution in [1.29, 1.82) is 0 Å². The fraction of sp³-hybridized carbons (Fsp3) is 0.111. The maximum atomic E-state index is 3.62. The SMILES string of the molecule is Cc1ccccc1-c1c(CBr)ccc2ccccc12. The fourth-order valence-electron chi connectivity index (χ4n) is 2.60. The highest BCUT2D eigenvalue weighted by Gasteiger charge is 2.10. The molecule has 3 aromatic carbocycles. The highest BCUT2D eigenvalue weighted by atomic mass is 79.9. The number of aryl methyl sites for hydroxylation is 1. The summed E-state index contributed by atoms with van der Waals surface area (Å²) in [5.74, 6) is 0. The van der Waals surface area contributed by atoms with Gasteiger partial charge in [-0.05, 0) is 39.9 Å². The molecule has 0 aliphatic carbocycles. The van der Waals surface area contributed by atoms with Crippen LogP contribution < -0.4 is 0 Å². The van der Waals surface area contributed by atoms with Crippen molar-refractivity contribution >= 4 is 26.7 Å². The van der Waals surface area contributed by atoms with Gasteiger partial charge in [0.15, 0.2) is 0 Å². The first kappa shape index (κ1) is 12.4. The van der Waals surface area contributed by atoms with E-state index in [0.29, 0.717) is 0 Å². The summed E-state index contributed by atoms with van der Waals surface area (Å²) in [4.78, 5) is 0. The summed E-state index contributed by atoms with van der Waals surface area (Å²) in [7, 11) is 0. The molecule has 0 atom stereocenters. The molecule has 0 nitrogen and oxygen atoms in total. The minimum absolute atomic E-state index is 0.876. The Hall–Kier alpha value is -1.60. The zero-order valence-electron chi connectivity index (χ0n) is 10.9.